The van der Waals surface area contributed by atoms with Gasteiger partial charge in [-0.25, -0.2) is 0 Å². The standard InChI is InChI=1S/C53H102O6/c1-5-8-10-12-14-15-16-17-18-19-23-26-29-33-37-41-45-52(55)58-48-50(47-57-51(54)44-40-36-31-13-11-9-6-2)59-53(56)46-42-38-34-30-27-24-21-20-22-25-28-32-35-39-43-49(4)7-3/h49-50H,5-48H2,1-4H3/t49?,50-/m0/s1. The maximum atomic E-state index is 12.8. The van der Waals surface area contributed by atoms with Gasteiger partial charge >= 0.3 is 17.9 Å². The van der Waals surface area contributed by atoms with E-state index in [9.17, 15) is 14.4 Å². The van der Waals surface area contributed by atoms with Gasteiger partial charge in [-0.05, 0) is 25.2 Å². The molecule has 0 aliphatic rings. The van der Waals surface area contributed by atoms with Crippen molar-refractivity contribution in [3.8, 4) is 0 Å². The molecule has 0 aromatic carbocycles. The summed E-state index contributed by atoms with van der Waals surface area (Å²) in [7, 11) is 0. The molecule has 0 rings (SSSR count). The second-order valence-electron chi connectivity index (χ2n) is 18.4. The lowest BCUT2D eigenvalue weighted by Crippen LogP contribution is -2.30. The summed E-state index contributed by atoms with van der Waals surface area (Å²) in [5, 5.41) is 0. The third-order valence-corrected chi connectivity index (χ3v) is 12.4. The molecule has 1 unspecified atom stereocenters. The largest absolute Gasteiger partial charge is 0.462 e. The topological polar surface area (TPSA) is 78.9 Å². The number of esters is 3. The molecule has 0 bridgehead atoms. The predicted octanol–water partition coefficient (Wildman–Crippen LogP) is 17.1. The van der Waals surface area contributed by atoms with Crippen molar-refractivity contribution >= 4 is 17.9 Å². The minimum absolute atomic E-state index is 0.0630. The van der Waals surface area contributed by atoms with Crippen molar-refractivity contribution in [2.24, 2.45) is 5.92 Å². The second-order valence-corrected chi connectivity index (χ2v) is 18.4. The van der Waals surface area contributed by atoms with Gasteiger partial charge in [0, 0.05) is 19.3 Å². The molecule has 0 heterocycles. The van der Waals surface area contributed by atoms with Crippen LogP contribution in [0, 0.1) is 5.92 Å². The van der Waals surface area contributed by atoms with Gasteiger partial charge < -0.3 is 14.2 Å². The maximum Gasteiger partial charge on any atom is 0.306 e. The minimum atomic E-state index is -0.759. The average Bonchev–Trinajstić information content (AvgIpc) is 3.23. The molecule has 2 atom stereocenters. The zero-order valence-electron chi connectivity index (χ0n) is 40.2. The zero-order chi connectivity index (χ0) is 43.1. The number of carbonyl (C=O) groups is 3. The van der Waals surface area contributed by atoms with Crippen LogP contribution < -0.4 is 0 Å². The van der Waals surface area contributed by atoms with E-state index in [1.807, 2.05) is 0 Å². The molecule has 59 heavy (non-hydrogen) atoms. The molecule has 0 saturated heterocycles. The van der Waals surface area contributed by atoms with Crippen molar-refractivity contribution in [1.82, 2.24) is 0 Å². The first kappa shape index (κ1) is 57.4. The Hall–Kier alpha value is -1.59. The van der Waals surface area contributed by atoms with Gasteiger partial charge in [0.05, 0.1) is 0 Å². The van der Waals surface area contributed by atoms with Crippen molar-refractivity contribution in [1.29, 1.82) is 0 Å². The third kappa shape index (κ3) is 45.8. The molecule has 6 nitrogen and oxygen atoms in total. The summed E-state index contributed by atoms with van der Waals surface area (Å²) in [6, 6.07) is 0. The van der Waals surface area contributed by atoms with E-state index in [4.69, 9.17) is 14.2 Å². The first-order valence-corrected chi connectivity index (χ1v) is 26.4. The molecule has 0 aliphatic carbocycles. The van der Waals surface area contributed by atoms with Crippen molar-refractivity contribution in [2.45, 2.75) is 303 Å². The molecule has 0 saturated carbocycles. The highest BCUT2D eigenvalue weighted by molar-refractivity contribution is 5.71. The first-order chi connectivity index (χ1) is 28.9. The monoisotopic (exact) mass is 835 g/mol. The third-order valence-electron chi connectivity index (χ3n) is 12.4. The Kier molecular flexibility index (Phi) is 46.2. The van der Waals surface area contributed by atoms with Crippen molar-refractivity contribution in [3.63, 3.8) is 0 Å². The fourth-order valence-electron chi connectivity index (χ4n) is 8.01. The van der Waals surface area contributed by atoms with E-state index < -0.39 is 6.10 Å². The molecule has 0 N–H and O–H groups in total. The fourth-order valence-corrected chi connectivity index (χ4v) is 8.01. The Morgan fingerprint density at radius 1 is 0.339 bits per heavy atom. The van der Waals surface area contributed by atoms with Crippen LogP contribution in [0.2, 0.25) is 0 Å². The van der Waals surface area contributed by atoms with Gasteiger partial charge in [-0.1, -0.05) is 259 Å². The number of hydrogen-bond acceptors (Lipinski definition) is 6. The highest BCUT2D eigenvalue weighted by atomic mass is 16.6. The Morgan fingerprint density at radius 2 is 0.593 bits per heavy atom. The fraction of sp³-hybridized carbons (Fsp3) is 0.943. The normalized spacial score (nSPS) is 12.4. The Bertz CT molecular complexity index is 889. The molecular weight excluding hydrogens is 733 g/mol. The number of carbonyl (C=O) groups excluding carboxylic acids is 3. The number of unbranched alkanes of at least 4 members (excludes halogenated alkanes) is 34. The van der Waals surface area contributed by atoms with Crippen molar-refractivity contribution < 1.29 is 28.6 Å². The zero-order valence-corrected chi connectivity index (χ0v) is 40.2. The number of rotatable bonds is 48. The van der Waals surface area contributed by atoms with E-state index >= 15 is 0 Å². The molecule has 0 spiro atoms. The molecule has 350 valence electrons. The SMILES string of the molecule is CCCCCCCCCCCCCCCCCCC(=O)OC[C@H](COC(=O)CCCCCCCCC)OC(=O)CCCCCCCCCCCCCCCCC(C)CC. The lowest BCUT2D eigenvalue weighted by molar-refractivity contribution is -0.167. The van der Waals surface area contributed by atoms with Gasteiger partial charge in [-0.2, -0.15) is 0 Å². The van der Waals surface area contributed by atoms with E-state index in [1.54, 1.807) is 0 Å². The summed E-state index contributed by atoms with van der Waals surface area (Å²) in [5.41, 5.74) is 0. The second kappa shape index (κ2) is 47.5. The number of hydrogen-bond donors (Lipinski definition) is 0. The van der Waals surface area contributed by atoms with Crippen LogP contribution in [0.5, 0.6) is 0 Å². The minimum Gasteiger partial charge on any atom is -0.462 e. The van der Waals surface area contributed by atoms with E-state index in [0.717, 1.165) is 63.7 Å². The molecule has 0 aromatic rings. The van der Waals surface area contributed by atoms with E-state index in [0.29, 0.717) is 19.3 Å². The highest BCUT2D eigenvalue weighted by Gasteiger charge is 2.19. The lowest BCUT2D eigenvalue weighted by atomic mass is 9.99. The smallest absolute Gasteiger partial charge is 0.306 e. The van der Waals surface area contributed by atoms with Gasteiger partial charge in [0.2, 0.25) is 0 Å². The highest BCUT2D eigenvalue weighted by Crippen LogP contribution is 2.18. The molecular formula is C53H102O6. The van der Waals surface area contributed by atoms with Crippen LogP contribution in [0.1, 0.15) is 297 Å². The maximum absolute atomic E-state index is 12.8. The Balaban J connectivity index is 4.19. The molecule has 0 amide bonds. The molecule has 0 radical (unpaired) electrons. The summed E-state index contributed by atoms with van der Waals surface area (Å²) in [4.78, 5) is 37.8. The van der Waals surface area contributed by atoms with Crippen LogP contribution in [-0.2, 0) is 28.6 Å². The van der Waals surface area contributed by atoms with E-state index in [1.165, 1.54) is 193 Å². The van der Waals surface area contributed by atoms with E-state index in [2.05, 4.69) is 27.7 Å². The molecule has 6 heteroatoms. The Labute approximate surface area is 368 Å². The van der Waals surface area contributed by atoms with Gasteiger partial charge in [0.1, 0.15) is 13.2 Å². The van der Waals surface area contributed by atoms with E-state index in [-0.39, 0.29) is 31.1 Å². The summed E-state index contributed by atoms with van der Waals surface area (Å²) < 4.78 is 16.8. The summed E-state index contributed by atoms with van der Waals surface area (Å²) in [5.74, 6) is 0.0448. The molecule has 0 fully saturated rings. The Morgan fingerprint density at radius 3 is 0.881 bits per heavy atom. The van der Waals surface area contributed by atoms with Gasteiger partial charge in [0.25, 0.3) is 0 Å². The van der Waals surface area contributed by atoms with Crippen LogP contribution in [0.25, 0.3) is 0 Å². The van der Waals surface area contributed by atoms with Gasteiger partial charge in [-0.15, -0.1) is 0 Å². The lowest BCUT2D eigenvalue weighted by Gasteiger charge is -2.18. The van der Waals surface area contributed by atoms with Crippen LogP contribution in [-0.4, -0.2) is 37.2 Å². The van der Waals surface area contributed by atoms with Crippen molar-refractivity contribution in [3.05, 3.63) is 0 Å². The van der Waals surface area contributed by atoms with Crippen molar-refractivity contribution in [2.75, 3.05) is 13.2 Å². The predicted molar refractivity (Wildman–Crippen MR) is 252 cm³/mol. The number of ether oxygens (including phenoxy) is 3. The van der Waals surface area contributed by atoms with Crippen LogP contribution in [0.4, 0.5) is 0 Å². The molecule has 0 aliphatic heterocycles. The summed E-state index contributed by atoms with van der Waals surface area (Å²) in [6.45, 7) is 9.04. The van der Waals surface area contributed by atoms with Crippen LogP contribution in [0.3, 0.4) is 0 Å². The quantitative estimate of drug-likeness (QED) is 0.0345. The molecule has 0 aromatic heterocycles. The first-order valence-electron chi connectivity index (χ1n) is 26.4. The van der Waals surface area contributed by atoms with Crippen LogP contribution in [0.15, 0.2) is 0 Å². The summed E-state index contributed by atoms with van der Waals surface area (Å²) >= 11 is 0. The van der Waals surface area contributed by atoms with Crippen LogP contribution >= 0.6 is 0 Å². The van der Waals surface area contributed by atoms with Gasteiger partial charge in [-0.3, -0.25) is 14.4 Å². The van der Waals surface area contributed by atoms with Gasteiger partial charge in [0.15, 0.2) is 6.10 Å². The summed E-state index contributed by atoms with van der Waals surface area (Å²) in [6.07, 6.45) is 49.5. The average molecular weight is 835 g/mol.